The maximum atomic E-state index is 12.7. The largest absolute Gasteiger partial charge is 0.345 e. The lowest BCUT2D eigenvalue weighted by molar-refractivity contribution is -0.117. The molecule has 0 radical (unpaired) electrons. The quantitative estimate of drug-likeness (QED) is 0.891. The minimum absolute atomic E-state index is 0.0457. The van der Waals surface area contributed by atoms with Crippen molar-refractivity contribution in [1.82, 2.24) is 10.2 Å². The summed E-state index contributed by atoms with van der Waals surface area (Å²) in [5.74, 6) is -0.187. The number of nitrogens with one attached hydrogen (secondary N) is 1. The molecule has 0 saturated carbocycles. The van der Waals surface area contributed by atoms with E-state index in [9.17, 15) is 13.2 Å². The molecule has 25 heavy (non-hydrogen) atoms. The average molecular weight is 359 g/mol. The van der Waals surface area contributed by atoms with Gasteiger partial charge in [-0.05, 0) is 36.6 Å². The van der Waals surface area contributed by atoms with E-state index >= 15 is 0 Å². The molecule has 6 nitrogen and oxygen atoms in total. The molecule has 1 aromatic carbocycles. The second kappa shape index (κ2) is 6.84. The van der Waals surface area contributed by atoms with Gasteiger partial charge in [0.25, 0.3) is 15.9 Å². The Hall–Kier alpha value is -2.41. The Morgan fingerprint density at radius 1 is 1.32 bits per heavy atom. The lowest BCUT2D eigenvalue weighted by Crippen LogP contribution is -2.42. The van der Waals surface area contributed by atoms with Crippen LogP contribution in [-0.4, -0.2) is 37.4 Å². The van der Waals surface area contributed by atoms with E-state index in [1.807, 2.05) is 31.2 Å². The Morgan fingerprint density at radius 2 is 2.04 bits per heavy atom. The zero-order valence-electron chi connectivity index (χ0n) is 14.3. The number of benzene rings is 1. The fourth-order valence-electron chi connectivity index (χ4n) is 2.79. The van der Waals surface area contributed by atoms with Crippen LogP contribution in [0, 0.1) is 0 Å². The first-order valence-corrected chi connectivity index (χ1v) is 9.88. The number of rotatable bonds is 4. The van der Waals surface area contributed by atoms with Crippen LogP contribution < -0.4 is 5.32 Å². The second-order valence-electron chi connectivity index (χ2n) is 6.11. The van der Waals surface area contributed by atoms with Gasteiger partial charge < -0.3 is 10.2 Å². The van der Waals surface area contributed by atoms with Crippen LogP contribution in [0.25, 0.3) is 0 Å². The van der Waals surface area contributed by atoms with Crippen LogP contribution in [0.1, 0.15) is 31.0 Å². The Labute approximate surface area is 148 Å². The molecule has 2 heterocycles. The zero-order chi connectivity index (χ0) is 18.0. The SMILES string of the molecule is CCc1ccc(C(C)NC(=O)C2=CC=CN3CCS(=O)(=O)N=C23)cc1. The van der Waals surface area contributed by atoms with Crippen LogP contribution in [-0.2, 0) is 21.2 Å². The van der Waals surface area contributed by atoms with Gasteiger partial charge in [-0.25, -0.2) is 8.42 Å². The van der Waals surface area contributed by atoms with E-state index in [0.29, 0.717) is 6.54 Å². The average Bonchev–Trinajstić information content (AvgIpc) is 2.60. The predicted octanol–water partition coefficient (Wildman–Crippen LogP) is 1.92. The third-order valence-corrected chi connectivity index (χ3v) is 5.49. The Morgan fingerprint density at radius 3 is 2.72 bits per heavy atom. The summed E-state index contributed by atoms with van der Waals surface area (Å²) in [4.78, 5) is 14.3. The molecule has 0 bridgehead atoms. The maximum absolute atomic E-state index is 12.7. The standard InChI is InChI=1S/C18H21N3O3S/c1-3-14-6-8-15(9-7-14)13(2)19-18(22)16-5-4-10-21-11-12-25(23,24)20-17(16)21/h4-10,13H,3,11-12H2,1-2H3,(H,19,22). The Kier molecular flexibility index (Phi) is 4.76. The monoisotopic (exact) mass is 359 g/mol. The van der Waals surface area contributed by atoms with Gasteiger partial charge in [0.15, 0.2) is 5.84 Å². The molecule has 2 aliphatic rings. The summed E-state index contributed by atoms with van der Waals surface area (Å²) < 4.78 is 27.3. The highest BCUT2D eigenvalue weighted by Crippen LogP contribution is 2.20. The number of carbonyl (C=O) groups excluding carboxylic acids is 1. The van der Waals surface area contributed by atoms with E-state index in [4.69, 9.17) is 0 Å². The highest BCUT2D eigenvalue weighted by Gasteiger charge is 2.30. The number of amidine groups is 1. The molecule has 0 aliphatic carbocycles. The third kappa shape index (κ3) is 3.82. The minimum Gasteiger partial charge on any atom is -0.345 e. The molecular formula is C18H21N3O3S. The molecule has 1 amide bonds. The third-order valence-electron chi connectivity index (χ3n) is 4.34. The van der Waals surface area contributed by atoms with Gasteiger partial charge in [0, 0.05) is 12.7 Å². The molecule has 0 saturated heterocycles. The van der Waals surface area contributed by atoms with Gasteiger partial charge in [-0.1, -0.05) is 31.2 Å². The molecule has 0 aromatic heterocycles. The number of carbonyl (C=O) groups is 1. The first kappa shape index (κ1) is 17.4. The van der Waals surface area contributed by atoms with Gasteiger partial charge in [-0.15, -0.1) is 4.40 Å². The van der Waals surface area contributed by atoms with Crippen LogP contribution in [0.5, 0.6) is 0 Å². The number of fused-ring (bicyclic) bond motifs is 1. The smallest absolute Gasteiger partial charge is 0.256 e. The number of hydrogen-bond acceptors (Lipinski definition) is 4. The van der Waals surface area contributed by atoms with E-state index in [1.54, 1.807) is 23.3 Å². The van der Waals surface area contributed by atoms with Crippen LogP contribution in [0.15, 0.2) is 52.6 Å². The molecular weight excluding hydrogens is 338 g/mol. The molecule has 2 aliphatic heterocycles. The topological polar surface area (TPSA) is 78.8 Å². The fraction of sp³-hybridized carbons (Fsp3) is 0.333. The van der Waals surface area contributed by atoms with Crippen molar-refractivity contribution in [3.8, 4) is 0 Å². The van der Waals surface area contributed by atoms with Gasteiger partial charge in [0.1, 0.15) is 0 Å². The van der Waals surface area contributed by atoms with Crippen molar-refractivity contribution < 1.29 is 13.2 Å². The van der Waals surface area contributed by atoms with Crippen molar-refractivity contribution in [2.24, 2.45) is 4.40 Å². The molecule has 7 heteroatoms. The number of hydrogen-bond donors (Lipinski definition) is 1. The summed E-state index contributed by atoms with van der Waals surface area (Å²) in [6.07, 6.45) is 6.02. The zero-order valence-corrected chi connectivity index (χ0v) is 15.1. The molecule has 1 atom stereocenters. The van der Waals surface area contributed by atoms with Crippen molar-refractivity contribution in [1.29, 1.82) is 0 Å². The fourth-order valence-corrected chi connectivity index (χ4v) is 3.78. The van der Waals surface area contributed by atoms with Crippen LogP contribution >= 0.6 is 0 Å². The van der Waals surface area contributed by atoms with Crippen molar-refractivity contribution in [3.05, 3.63) is 59.3 Å². The van der Waals surface area contributed by atoms with Crippen LogP contribution in [0.3, 0.4) is 0 Å². The summed E-state index contributed by atoms with van der Waals surface area (Å²) >= 11 is 0. The van der Waals surface area contributed by atoms with E-state index < -0.39 is 10.0 Å². The van der Waals surface area contributed by atoms with E-state index in [1.165, 1.54) is 5.56 Å². The Bertz CT molecular complexity index is 867. The van der Waals surface area contributed by atoms with Crippen molar-refractivity contribution in [3.63, 3.8) is 0 Å². The molecule has 0 fully saturated rings. The lowest BCUT2D eigenvalue weighted by atomic mass is 10.0. The van der Waals surface area contributed by atoms with Crippen molar-refractivity contribution in [2.75, 3.05) is 12.3 Å². The highest BCUT2D eigenvalue weighted by molar-refractivity contribution is 7.90. The molecule has 0 spiro atoms. The molecule has 132 valence electrons. The van der Waals surface area contributed by atoms with Gasteiger partial charge in [0.05, 0.1) is 17.4 Å². The maximum Gasteiger partial charge on any atom is 0.256 e. The van der Waals surface area contributed by atoms with Gasteiger partial charge in [0.2, 0.25) is 0 Å². The number of aryl methyl sites for hydroxylation is 1. The number of sulfonamides is 1. The first-order chi connectivity index (χ1) is 11.9. The summed E-state index contributed by atoms with van der Waals surface area (Å²) in [7, 11) is -3.52. The van der Waals surface area contributed by atoms with Gasteiger partial charge in [-0.3, -0.25) is 4.79 Å². The molecule has 1 aromatic rings. The Balaban J connectivity index is 1.79. The van der Waals surface area contributed by atoms with E-state index in [2.05, 4.69) is 16.6 Å². The van der Waals surface area contributed by atoms with E-state index in [0.717, 1.165) is 12.0 Å². The van der Waals surface area contributed by atoms with Gasteiger partial charge >= 0.3 is 0 Å². The van der Waals surface area contributed by atoms with Crippen molar-refractivity contribution >= 4 is 21.8 Å². The predicted molar refractivity (Wildman–Crippen MR) is 97.5 cm³/mol. The van der Waals surface area contributed by atoms with Crippen LogP contribution in [0.2, 0.25) is 0 Å². The molecule has 1 N–H and O–H groups in total. The normalized spacial score (nSPS) is 19.5. The lowest BCUT2D eigenvalue weighted by Gasteiger charge is -2.29. The number of nitrogens with zero attached hydrogens (tertiary/aromatic N) is 2. The summed E-state index contributed by atoms with van der Waals surface area (Å²) in [5.41, 5.74) is 2.50. The van der Waals surface area contributed by atoms with Gasteiger partial charge in [-0.2, -0.15) is 0 Å². The van der Waals surface area contributed by atoms with Crippen molar-refractivity contribution in [2.45, 2.75) is 26.3 Å². The summed E-state index contributed by atoms with van der Waals surface area (Å²) in [6, 6.07) is 7.88. The number of allylic oxidation sites excluding steroid dienone is 2. The number of amides is 1. The van der Waals surface area contributed by atoms with E-state index in [-0.39, 0.29) is 29.1 Å². The molecule has 1 unspecified atom stereocenters. The van der Waals surface area contributed by atoms with Crippen LogP contribution in [0.4, 0.5) is 0 Å². The first-order valence-electron chi connectivity index (χ1n) is 8.27. The summed E-state index contributed by atoms with van der Waals surface area (Å²) in [6.45, 7) is 4.29. The molecule has 3 rings (SSSR count). The summed E-state index contributed by atoms with van der Waals surface area (Å²) in [5, 5.41) is 2.92. The second-order valence-corrected chi connectivity index (χ2v) is 7.86. The highest BCUT2D eigenvalue weighted by atomic mass is 32.2. The minimum atomic E-state index is -3.52.